The van der Waals surface area contributed by atoms with Gasteiger partial charge in [-0.3, -0.25) is 10.1 Å². The van der Waals surface area contributed by atoms with Crippen LogP contribution in [0.5, 0.6) is 5.75 Å². The largest absolute Gasteiger partial charge is 0.491 e. The predicted octanol–water partition coefficient (Wildman–Crippen LogP) is 0.697. The number of carboxylic acid groups (broad SMARTS) is 1. The molecule has 0 saturated carbocycles. The van der Waals surface area contributed by atoms with Crippen molar-refractivity contribution in [1.82, 2.24) is 10.2 Å². The van der Waals surface area contributed by atoms with Gasteiger partial charge in [-0.2, -0.15) is 0 Å². The molecule has 9 heteroatoms. The number of rotatable bonds is 6. The number of nitrogens with one attached hydrogen (secondary N) is 1. The number of nitro groups is 1. The van der Waals surface area contributed by atoms with Gasteiger partial charge in [0.25, 0.3) is 5.69 Å². The van der Waals surface area contributed by atoms with E-state index in [1.807, 2.05) is 0 Å². The topological polar surface area (TPSA) is 122 Å². The van der Waals surface area contributed by atoms with Gasteiger partial charge >= 0.3 is 12.0 Å². The third-order valence-electron chi connectivity index (χ3n) is 2.97. The fourth-order valence-electron chi connectivity index (χ4n) is 1.91. The molecule has 2 rings (SSSR count). The zero-order valence-electron chi connectivity index (χ0n) is 10.9. The van der Waals surface area contributed by atoms with Gasteiger partial charge in [0.15, 0.2) is 0 Å². The number of hydrogen-bond donors (Lipinski definition) is 2. The molecule has 21 heavy (non-hydrogen) atoms. The minimum Gasteiger partial charge on any atom is -0.491 e. The van der Waals surface area contributed by atoms with Crippen LogP contribution >= 0.6 is 0 Å². The van der Waals surface area contributed by atoms with Gasteiger partial charge in [0.1, 0.15) is 17.9 Å². The Morgan fingerprint density at radius 1 is 1.52 bits per heavy atom. The van der Waals surface area contributed by atoms with E-state index in [0.29, 0.717) is 19.6 Å². The Hall–Kier alpha value is -2.84. The smallest absolute Gasteiger partial charge is 0.339 e. The zero-order valence-corrected chi connectivity index (χ0v) is 10.9. The zero-order chi connectivity index (χ0) is 15.4. The van der Waals surface area contributed by atoms with Crippen molar-refractivity contribution in [2.75, 3.05) is 26.2 Å². The summed E-state index contributed by atoms with van der Waals surface area (Å²) in [5.41, 5.74) is -0.603. The number of hydrogen-bond acceptors (Lipinski definition) is 5. The van der Waals surface area contributed by atoms with Gasteiger partial charge in [-0.25, -0.2) is 9.59 Å². The number of ether oxygens (including phenoxy) is 1. The molecule has 0 spiro atoms. The predicted molar refractivity (Wildman–Crippen MR) is 70.5 cm³/mol. The quantitative estimate of drug-likeness (QED) is 0.588. The van der Waals surface area contributed by atoms with Gasteiger partial charge < -0.3 is 20.1 Å². The molecule has 112 valence electrons. The number of non-ortho nitro benzene ring substituents is 1. The van der Waals surface area contributed by atoms with Crippen molar-refractivity contribution < 1.29 is 24.4 Å². The van der Waals surface area contributed by atoms with E-state index in [-0.39, 0.29) is 29.6 Å². The fourth-order valence-corrected chi connectivity index (χ4v) is 1.91. The highest BCUT2D eigenvalue weighted by molar-refractivity contribution is 5.91. The average Bonchev–Trinajstić information content (AvgIpc) is 2.84. The van der Waals surface area contributed by atoms with Crippen LogP contribution in [0.3, 0.4) is 0 Å². The van der Waals surface area contributed by atoms with Gasteiger partial charge in [0, 0.05) is 25.2 Å². The average molecular weight is 295 g/mol. The van der Waals surface area contributed by atoms with Crippen molar-refractivity contribution in [2.24, 2.45) is 0 Å². The van der Waals surface area contributed by atoms with Crippen molar-refractivity contribution in [3.8, 4) is 5.75 Å². The molecular weight excluding hydrogens is 282 g/mol. The maximum absolute atomic E-state index is 11.3. The Bertz CT molecular complexity index is 588. The lowest BCUT2D eigenvalue weighted by molar-refractivity contribution is -0.384. The Morgan fingerprint density at radius 2 is 2.29 bits per heavy atom. The molecule has 0 bridgehead atoms. The van der Waals surface area contributed by atoms with Crippen LogP contribution in [0.15, 0.2) is 18.2 Å². The van der Waals surface area contributed by atoms with Crippen LogP contribution in [0.1, 0.15) is 10.4 Å². The molecule has 1 aromatic rings. The molecule has 9 nitrogen and oxygen atoms in total. The number of aromatic carboxylic acids is 1. The molecular formula is C12H13N3O6. The molecule has 1 aromatic carbocycles. The second-order valence-corrected chi connectivity index (χ2v) is 4.31. The fraction of sp³-hybridized carbons (Fsp3) is 0.333. The van der Waals surface area contributed by atoms with Crippen LogP contribution in [0.4, 0.5) is 10.5 Å². The number of urea groups is 1. The van der Waals surface area contributed by atoms with Crippen molar-refractivity contribution in [3.63, 3.8) is 0 Å². The molecule has 1 aliphatic heterocycles. The minimum absolute atomic E-state index is 0.0349. The summed E-state index contributed by atoms with van der Waals surface area (Å²) in [5, 5.41) is 22.3. The van der Waals surface area contributed by atoms with Crippen LogP contribution in [0, 0.1) is 10.1 Å². The van der Waals surface area contributed by atoms with Crippen LogP contribution in [0.25, 0.3) is 0 Å². The van der Waals surface area contributed by atoms with E-state index in [4.69, 9.17) is 9.84 Å². The number of benzene rings is 1. The number of amides is 2. The summed E-state index contributed by atoms with van der Waals surface area (Å²) in [7, 11) is 0. The third-order valence-corrected chi connectivity index (χ3v) is 2.97. The Morgan fingerprint density at radius 3 is 2.86 bits per heavy atom. The van der Waals surface area contributed by atoms with Gasteiger partial charge in [0.05, 0.1) is 11.5 Å². The summed E-state index contributed by atoms with van der Waals surface area (Å²) in [6.07, 6.45) is 0. The maximum atomic E-state index is 11.3. The van der Waals surface area contributed by atoms with E-state index < -0.39 is 10.9 Å². The lowest BCUT2D eigenvalue weighted by atomic mass is 10.2. The highest BCUT2D eigenvalue weighted by atomic mass is 16.6. The van der Waals surface area contributed by atoms with Crippen LogP contribution in [-0.2, 0) is 0 Å². The maximum Gasteiger partial charge on any atom is 0.339 e. The summed E-state index contributed by atoms with van der Waals surface area (Å²) in [4.78, 5) is 33.9. The first-order chi connectivity index (χ1) is 9.99. The number of nitrogens with zero attached hydrogens (tertiary/aromatic N) is 2. The van der Waals surface area contributed by atoms with E-state index in [1.165, 1.54) is 17.0 Å². The molecule has 0 aromatic heterocycles. The molecule has 1 saturated heterocycles. The van der Waals surface area contributed by atoms with Crippen LogP contribution in [-0.4, -0.2) is 53.2 Å². The van der Waals surface area contributed by atoms with Crippen molar-refractivity contribution >= 4 is 17.7 Å². The Kier molecular flexibility index (Phi) is 4.21. The van der Waals surface area contributed by atoms with E-state index in [2.05, 4.69) is 5.32 Å². The van der Waals surface area contributed by atoms with E-state index in [9.17, 15) is 19.7 Å². The van der Waals surface area contributed by atoms with Gasteiger partial charge in [0.2, 0.25) is 0 Å². The lowest BCUT2D eigenvalue weighted by Crippen LogP contribution is -2.32. The Labute approximate surface area is 119 Å². The van der Waals surface area contributed by atoms with Gasteiger partial charge in [-0.15, -0.1) is 0 Å². The van der Waals surface area contributed by atoms with E-state index >= 15 is 0 Å². The lowest BCUT2D eigenvalue weighted by Gasteiger charge is -2.15. The number of carboxylic acids is 1. The van der Waals surface area contributed by atoms with Crippen LogP contribution in [0.2, 0.25) is 0 Å². The molecule has 0 aliphatic carbocycles. The van der Waals surface area contributed by atoms with Crippen molar-refractivity contribution in [1.29, 1.82) is 0 Å². The van der Waals surface area contributed by atoms with Gasteiger partial charge in [-0.1, -0.05) is 0 Å². The second kappa shape index (κ2) is 6.07. The highest BCUT2D eigenvalue weighted by Crippen LogP contribution is 2.24. The molecule has 2 N–H and O–H groups in total. The number of nitro benzene ring substituents is 1. The normalized spacial score (nSPS) is 13.9. The molecule has 0 radical (unpaired) electrons. The summed E-state index contributed by atoms with van der Waals surface area (Å²) < 4.78 is 5.32. The van der Waals surface area contributed by atoms with Crippen LogP contribution < -0.4 is 10.1 Å². The first kappa shape index (κ1) is 14.6. The molecule has 1 aliphatic rings. The summed E-state index contributed by atoms with van der Waals surface area (Å²) >= 11 is 0. The van der Waals surface area contributed by atoms with E-state index in [0.717, 1.165) is 6.07 Å². The first-order valence-corrected chi connectivity index (χ1v) is 6.16. The molecule has 1 heterocycles. The summed E-state index contributed by atoms with van der Waals surface area (Å²) in [5.74, 6) is -1.28. The summed E-state index contributed by atoms with van der Waals surface area (Å²) in [6, 6.07) is 3.16. The molecule has 2 amide bonds. The number of carbonyl (C=O) groups excluding carboxylic acids is 1. The monoisotopic (exact) mass is 295 g/mol. The second-order valence-electron chi connectivity index (χ2n) is 4.31. The highest BCUT2D eigenvalue weighted by Gasteiger charge is 2.20. The SMILES string of the molecule is O=C(O)c1cc([N+](=O)[O-])ccc1OCCN1CCNC1=O. The third kappa shape index (κ3) is 3.38. The van der Waals surface area contributed by atoms with Crippen molar-refractivity contribution in [2.45, 2.75) is 0 Å². The Balaban J connectivity index is 2.03. The summed E-state index contributed by atoms with van der Waals surface area (Å²) in [6.45, 7) is 1.54. The van der Waals surface area contributed by atoms with Gasteiger partial charge in [-0.05, 0) is 6.07 Å². The van der Waals surface area contributed by atoms with Crippen molar-refractivity contribution in [3.05, 3.63) is 33.9 Å². The number of carbonyl (C=O) groups is 2. The molecule has 1 fully saturated rings. The standard InChI is InChI=1S/C12H13N3O6/c16-11(17)9-7-8(15(19)20)1-2-10(9)21-6-5-14-4-3-13-12(14)18/h1-2,7H,3-6H2,(H,13,18)(H,16,17). The molecule has 0 atom stereocenters. The first-order valence-electron chi connectivity index (χ1n) is 6.16. The molecule has 0 unspecified atom stereocenters. The van der Waals surface area contributed by atoms with E-state index in [1.54, 1.807) is 0 Å². The minimum atomic E-state index is -1.31.